The summed E-state index contributed by atoms with van der Waals surface area (Å²) in [6.07, 6.45) is 5.48. The Morgan fingerprint density at radius 1 is 1.39 bits per heavy atom. The van der Waals surface area contributed by atoms with Gasteiger partial charge in [0.25, 0.3) is 0 Å². The van der Waals surface area contributed by atoms with E-state index in [4.69, 9.17) is 0 Å². The Hall–Kier alpha value is -2.15. The third-order valence-corrected chi connectivity index (χ3v) is 4.96. The number of urea groups is 1. The molecule has 1 saturated heterocycles. The number of rotatable bonds is 4. The first-order chi connectivity index (χ1) is 11.2. The van der Waals surface area contributed by atoms with Gasteiger partial charge in [-0.1, -0.05) is 6.07 Å². The monoisotopic (exact) mass is 331 g/mol. The third kappa shape index (κ3) is 4.19. The number of thiophene rings is 1. The minimum Gasteiger partial charge on any atom is -0.339 e. The van der Waals surface area contributed by atoms with Crippen molar-refractivity contribution in [3.05, 3.63) is 40.8 Å². The van der Waals surface area contributed by atoms with E-state index in [0.717, 1.165) is 36.8 Å². The van der Waals surface area contributed by atoms with Crippen LogP contribution in [0.25, 0.3) is 0 Å². The highest BCUT2D eigenvalue weighted by Crippen LogP contribution is 2.18. The van der Waals surface area contributed by atoms with E-state index in [1.54, 1.807) is 23.7 Å². The summed E-state index contributed by atoms with van der Waals surface area (Å²) in [4.78, 5) is 24.0. The van der Waals surface area contributed by atoms with E-state index in [9.17, 15) is 4.79 Å². The average molecular weight is 331 g/mol. The lowest BCUT2D eigenvalue weighted by Crippen LogP contribution is -2.51. The molecule has 2 atom stereocenters. The second-order valence-corrected chi connectivity index (χ2v) is 6.67. The fourth-order valence-corrected chi connectivity index (χ4v) is 3.50. The Morgan fingerprint density at radius 2 is 2.22 bits per heavy atom. The van der Waals surface area contributed by atoms with Crippen LogP contribution in [0.1, 0.15) is 30.7 Å². The second kappa shape index (κ2) is 7.41. The number of nitrogens with one attached hydrogen (secondary N) is 2. The predicted molar refractivity (Wildman–Crippen MR) is 91.7 cm³/mol. The van der Waals surface area contributed by atoms with Gasteiger partial charge in [-0.2, -0.15) is 0 Å². The van der Waals surface area contributed by atoms with Crippen LogP contribution in [0.15, 0.2) is 36.0 Å². The third-order valence-electron chi connectivity index (χ3n) is 3.91. The van der Waals surface area contributed by atoms with Crippen LogP contribution in [0, 0.1) is 0 Å². The highest BCUT2D eigenvalue weighted by Gasteiger charge is 2.23. The summed E-state index contributed by atoms with van der Waals surface area (Å²) in [6, 6.07) is 5.85. The van der Waals surface area contributed by atoms with Crippen LogP contribution in [0.2, 0.25) is 0 Å². The van der Waals surface area contributed by atoms with Crippen molar-refractivity contribution in [1.29, 1.82) is 0 Å². The standard InChI is InChI=1S/C16H21N5OS/c1-12(14-6-3-10-23-14)19-16(22)20-13-5-2-9-21(11-13)15-17-7-4-8-18-15/h3-4,6-8,10,12-13H,2,5,9,11H2,1H3,(H2,19,20,22)/t12-,13+/m0/s1. The van der Waals surface area contributed by atoms with Crippen molar-refractivity contribution in [3.63, 3.8) is 0 Å². The summed E-state index contributed by atoms with van der Waals surface area (Å²) >= 11 is 1.65. The fourth-order valence-electron chi connectivity index (χ4n) is 2.76. The van der Waals surface area contributed by atoms with E-state index in [2.05, 4.69) is 25.5 Å². The molecular formula is C16H21N5OS. The number of amides is 2. The lowest BCUT2D eigenvalue weighted by molar-refractivity contribution is 0.232. The zero-order valence-electron chi connectivity index (χ0n) is 13.1. The summed E-state index contributed by atoms with van der Waals surface area (Å²) < 4.78 is 0. The summed E-state index contributed by atoms with van der Waals surface area (Å²) in [7, 11) is 0. The van der Waals surface area contributed by atoms with E-state index in [-0.39, 0.29) is 18.1 Å². The Kier molecular flexibility index (Phi) is 5.07. The minimum absolute atomic E-state index is 0.0205. The van der Waals surface area contributed by atoms with Gasteiger partial charge in [-0.3, -0.25) is 0 Å². The average Bonchev–Trinajstić information content (AvgIpc) is 3.10. The molecule has 0 spiro atoms. The van der Waals surface area contributed by atoms with Crippen molar-refractivity contribution in [1.82, 2.24) is 20.6 Å². The molecule has 7 heteroatoms. The molecule has 2 aromatic rings. The molecular weight excluding hydrogens is 310 g/mol. The Labute approximate surface area is 140 Å². The number of hydrogen-bond donors (Lipinski definition) is 2. The molecule has 2 N–H and O–H groups in total. The molecule has 0 saturated carbocycles. The first kappa shape index (κ1) is 15.7. The SMILES string of the molecule is C[C@H](NC(=O)N[C@@H]1CCCN(c2ncccn2)C1)c1cccs1. The van der Waals surface area contributed by atoms with Crippen molar-refractivity contribution in [2.45, 2.75) is 31.8 Å². The van der Waals surface area contributed by atoms with Crippen LogP contribution in [0.3, 0.4) is 0 Å². The summed E-state index contributed by atoms with van der Waals surface area (Å²) in [5.74, 6) is 0.728. The van der Waals surface area contributed by atoms with Crippen LogP contribution in [0.5, 0.6) is 0 Å². The number of hydrogen-bond acceptors (Lipinski definition) is 5. The van der Waals surface area contributed by atoms with E-state index in [1.807, 2.05) is 30.5 Å². The van der Waals surface area contributed by atoms with Crippen LogP contribution < -0.4 is 15.5 Å². The quantitative estimate of drug-likeness (QED) is 0.903. The first-order valence-electron chi connectivity index (χ1n) is 7.85. The maximum atomic E-state index is 12.2. The molecule has 2 aromatic heterocycles. The van der Waals surface area contributed by atoms with Gasteiger partial charge in [-0.05, 0) is 37.3 Å². The molecule has 2 amide bonds. The molecule has 0 bridgehead atoms. The van der Waals surface area contributed by atoms with Crippen LogP contribution >= 0.6 is 11.3 Å². The molecule has 23 heavy (non-hydrogen) atoms. The Morgan fingerprint density at radius 3 is 2.96 bits per heavy atom. The number of anilines is 1. The van der Waals surface area contributed by atoms with Gasteiger partial charge in [-0.15, -0.1) is 11.3 Å². The van der Waals surface area contributed by atoms with Gasteiger partial charge in [0.05, 0.1) is 6.04 Å². The van der Waals surface area contributed by atoms with Gasteiger partial charge in [-0.25, -0.2) is 14.8 Å². The summed E-state index contributed by atoms with van der Waals surface area (Å²) in [5.41, 5.74) is 0. The molecule has 0 aliphatic carbocycles. The molecule has 0 unspecified atom stereocenters. The number of nitrogens with zero attached hydrogens (tertiary/aromatic N) is 3. The van der Waals surface area contributed by atoms with Crippen LogP contribution in [0.4, 0.5) is 10.7 Å². The zero-order valence-corrected chi connectivity index (χ0v) is 13.9. The van der Waals surface area contributed by atoms with Crippen molar-refractivity contribution in [2.24, 2.45) is 0 Å². The lowest BCUT2D eigenvalue weighted by Gasteiger charge is -2.33. The van der Waals surface area contributed by atoms with E-state index < -0.39 is 0 Å². The molecule has 1 fully saturated rings. The molecule has 0 radical (unpaired) electrons. The van der Waals surface area contributed by atoms with Crippen molar-refractivity contribution in [2.75, 3.05) is 18.0 Å². The number of carbonyl (C=O) groups is 1. The van der Waals surface area contributed by atoms with Crippen molar-refractivity contribution >= 4 is 23.3 Å². The highest BCUT2D eigenvalue weighted by molar-refractivity contribution is 7.10. The van der Waals surface area contributed by atoms with Crippen molar-refractivity contribution in [3.8, 4) is 0 Å². The molecule has 1 aliphatic rings. The molecule has 1 aliphatic heterocycles. The van der Waals surface area contributed by atoms with E-state index in [0.29, 0.717) is 0 Å². The number of piperidine rings is 1. The van der Waals surface area contributed by atoms with Gasteiger partial charge in [0.15, 0.2) is 0 Å². The van der Waals surface area contributed by atoms with Crippen LogP contribution in [-0.4, -0.2) is 35.1 Å². The summed E-state index contributed by atoms with van der Waals surface area (Å²) in [5, 5.41) is 8.08. The highest BCUT2D eigenvalue weighted by atomic mass is 32.1. The number of carbonyl (C=O) groups excluding carboxylic acids is 1. The van der Waals surface area contributed by atoms with E-state index in [1.165, 1.54) is 0 Å². The molecule has 0 aromatic carbocycles. The van der Waals surface area contributed by atoms with Gasteiger partial charge in [0, 0.05) is 36.4 Å². The normalized spacial score (nSPS) is 19.2. The molecule has 6 nitrogen and oxygen atoms in total. The fraction of sp³-hybridized carbons (Fsp3) is 0.438. The molecule has 3 heterocycles. The largest absolute Gasteiger partial charge is 0.339 e. The minimum atomic E-state index is -0.119. The van der Waals surface area contributed by atoms with Gasteiger partial charge >= 0.3 is 6.03 Å². The lowest BCUT2D eigenvalue weighted by atomic mass is 10.1. The maximum absolute atomic E-state index is 12.2. The molecule has 122 valence electrons. The van der Waals surface area contributed by atoms with Gasteiger partial charge < -0.3 is 15.5 Å². The maximum Gasteiger partial charge on any atom is 0.315 e. The zero-order chi connectivity index (χ0) is 16.1. The topological polar surface area (TPSA) is 70.2 Å². The van der Waals surface area contributed by atoms with Crippen LogP contribution in [-0.2, 0) is 0 Å². The Bertz CT molecular complexity index is 619. The van der Waals surface area contributed by atoms with E-state index >= 15 is 0 Å². The predicted octanol–water partition coefficient (Wildman–Crippen LogP) is 2.57. The second-order valence-electron chi connectivity index (χ2n) is 5.69. The Balaban J connectivity index is 1.52. The summed E-state index contributed by atoms with van der Waals surface area (Å²) in [6.45, 7) is 3.66. The smallest absolute Gasteiger partial charge is 0.315 e. The van der Waals surface area contributed by atoms with Gasteiger partial charge in [0.2, 0.25) is 5.95 Å². The van der Waals surface area contributed by atoms with Gasteiger partial charge in [0.1, 0.15) is 0 Å². The van der Waals surface area contributed by atoms with Crippen molar-refractivity contribution < 1.29 is 4.79 Å². The first-order valence-corrected chi connectivity index (χ1v) is 8.73. The number of aromatic nitrogens is 2. The molecule has 3 rings (SSSR count).